The number of halogens is 3. The lowest BCUT2D eigenvalue weighted by Gasteiger charge is -2.10. The largest absolute Gasteiger partial charge is 0.503 e. The zero-order valence-corrected chi connectivity index (χ0v) is 9.90. The molecule has 3 nitrogen and oxygen atoms in total. The molecule has 0 amide bonds. The smallest absolute Gasteiger partial charge is 0.416 e. The number of pyridine rings is 1. The van der Waals surface area contributed by atoms with Crippen LogP contribution in [0.25, 0.3) is 17.1 Å². The molecule has 0 atom stereocenters. The minimum Gasteiger partial charge on any atom is -0.503 e. The fourth-order valence-corrected chi connectivity index (χ4v) is 1.80. The first-order chi connectivity index (χ1) is 8.84. The summed E-state index contributed by atoms with van der Waals surface area (Å²) in [5, 5.41) is 9.61. The molecule has 2 aromatic rings. The van der Waals surface area contributed by atoms with Crippen molar-refractivity contribution in [2.24, 2.45) is 0 Å². The Labute approximate surface area is 106 Å². The standard InChI is InChI=1S/C13H10F3NO2/c1-2-5-17-10-4-3-9(13(14,15)16)6-8(10)7-11(18)12(17)19/h2-7,18H,1H3. The van der Waals surface area contributed by atoms with Crippen molar-refractivity contribution in [1.29, 1.82) is 0 Å². The Balaban J connectivity index is 2.83. The van der Waals surface area contributed by atoms with E-state index >= 15 is 0 Å². The quantitative estimate of drug-likeness (QED) is 0.863. The Hall–Kier alpha value is -2.24. The number of alkyl halides is 3. The van der Waals surface area contributed by atoms with Gasteiger partial charge in [-0.2, -0.15) is 13.2 Å². The maximum Gasteiger partial charge on any atom is 0.416 e. The molecule has 0 radical (unpaired) electrons. The van der Waals surface area contributed by atoms with Gasteiger partial charge >= 0.3 is 6.18 Å². The summed E-state index contributed by atoms with van der Waals surface area (Å²) in [4.78, 5) is 11.7. The second kappa shape index (κ2) is 4.46. The van der Waals surface area contributed by atoms with Crippen molar-refractivity contribution in [2.75, 3.05) is 0 Å². The summed E-state index contributed by atoms with van der Waals surface area (Å²) in [6.45, 7) is 1.66. The van der Waals surface area contributed by atoms with Crippen LogP contribution in [0.4, 0.5) is 13.2 Å². The molecular formula is C13H10F3NO2. The molecule has 0 aliphatic carbocycles. The van der Waals surface area contributed by atoms with Crippen molar-refractivity contribution in [2.45, 2.75) is 13.1 Å². The minimum atomic E-state index is -4.47. The van der Waals surface area contributed by atoms with Gasteiger partial charge in [-0.05, 0) is 31.2 Å². The maximum atomic E-state index is 12.6. The van der Waals surface area contributed by atoms with E-state index in [4.69, 9.17) is 0 Å². The van der Waals surface area contributed by atoms with E-state index < -0.39 is 23.0 Å². The van der Waals surface area contributed by atoms with Crippen LogP contribution in [-0.4, -0.2) is 9.67 Å². The van der Waals surface area contributed by atoms with Crippen LogP contribution in [0.15, 0.2) is 35.1 Å². The number of benzene rings is 1. The number of hydrogen-bond donors (Lipinski definition) is 1. The van der Waals surface area contributed by atoms with Gasteiger partial charge in [0.25, 0.3) is 5.56 Å². The molecule has 2 rings (SSSR count). The summed E-state index contributed by atoms with van der Waals surface area (Å²) in [6, 6.07) is 4.04. The highest BCUT2D eigenvalue weighted by molar-refractivity contribution is 5.82. The lowest BCUT2D eigenvalue weighted by atomic mass is 10.1. The molecule has 1 aromatic carbocycles. The van der Waals surface area contributed by atoms with Crippen LogP contribution in [0.1, 0.15) is 12.5 Å². The van der Waals surface area contributed by atoms with Gasteiger partial charge in [-0.3, -0.25) is 9.36 Å². The van der Waals surface area contributed by atoms with Gasteiger partial charge < -0.3 is 5.11 Å². The molecule has 6 heteroatoms. The van der Waals surface area contributed by atoms with Crippen LogP contribution in [-0.2, 0) is 6.18 Å². The summed E-state index contributed by atoms with van der Waals surface area (Å²) in [7, 11) is 0. The van der Waals surface area contributed by atoms with Gasteiger partial charge in [0, 0.05) is 11.6 Å². The van der Waals surface area contributed by atoms with Crippen LogP contribution in [0, 0.1) is 0 Å². The van der Waals surface area contributed by atoms with Gasteiger partial charge in [0.05, 0.1) is 11.1 Å². The van der Waals surface area contributed by atoms with Gasteiger partial charge in [0.1, 0.15) is 0 Å². The van der Waals surface area contributed by atoms with Crippen LogP contribution in [0.3, 0.4) is 0 Å². The van der Waals surface area contributed by atoms with Crippen LogP contribution >= 0.6 is 0 Å². The molecule has 0 saturated carbocycles. The van der Waals surface area contributed by atoms with E-state index in [1.165, 1.54) is 12.3 Å². The van der Waals surface area contributed by atoms with E-state index in [0.717, 1.165) is 22.8 Å². The van der Waals surface area contributed by atoms with Crippen molar-refractivity contribution in [3.63, 3.8) is 0 Å². The van der Waals surface area contributed by atoms with Crippen molar-refractivity contribution in [3.05, 3.63) is 46.3 Å². The molecular weight excluding hydrogens is 259 g/mol. The van der Waals surface area contributed by atoms with Gasteiger partial charge in [0.2, 0.25) is 0 Å². The minimum absolute atomic E-state index is 0.144. The Morgan fingerprint density at radius 2 is 1.95 bits per heavy atom. The van der Waals surface area contributed by atoms with Gasteiger partial charge in [-0.1, -0.05) is 6.08 Å². The first kappa shape index (κ1) is 13.2. The van der Waals surface area contributed by atoms with E-state index in [1.54, 1.807) is 13.0 Å². The molecule has 0 aliphatic heterocycles. The molecule has 1 heterocycles. The molecule has 0 fully saturated rings. The number of fused-ring (bicyclic) bond motifs is 1. The van der Waals surface area contributed by atoms with Crippen molar-refractivity contribution < 1.29 is 18.3 Å². The molecule has 0 bridgehead atoms. The average molecular weight is 269 g/mol. The van der Waals surface area contributed by atoms with Gasteiger partial charge in [-0.25, -0.2) is 0 Å². The number of aromatic hydroxyl groups is 1. The van der Waals surface area contributed by atoms with Crippen molar-refractivity contribution >= 4 is 17.1 Å². The molecule has 0 unspecified atom stereocenters. The van der Waals surface area contributed by atoms with Crippen molar-refractivity contribution in [1.82, 2.24) is 4.57 Å². The molecule has 1 aromatic heterocycles. The molecule has 0 saturated heterocycles. The highest BCUT2D eigenvalue weighted by atomic mass is 19.4. The normalized spacial score (nSPS) is 12.4. The van der Waals surface area contributed by atoms with Crippen LogP contribution in [0.5, 0.6) is 5.75 Å². The number of rotatable bonds is 1. The Morgan fingerprint density at radius 1 is 1.26 bits per heavy atom. The summed E-state index contributed by atoms with van der Waals surface area (Å²) >= 11 is 0. The second-order valence-corrected chi connectivity index (χ2v) is 3.96. The Kier molecular flexibility index (Phi) is 3.09. The average Bonchev–Trinajstić information content (AvgIpc) is 2.33. The van der Waals surface area contributed by atoms with Crippen LogP contribution < -0.4 is 5.56 Å². The van der Waals surface area contributed by atoms with Gasteiger partial charge in [0.15, 0.2) is 5.75 Å². The molecule has 1 N–H and O–H groups in total. The third-order valence-corrected chi connectivity index (χ3v) is 2.64. The maximum absolute atomic E-state index is 12.6. The van der Waals surface area contributed by atoms with Crippen molar-refractivity contribution in [3.8, 4) is 5.75 Å². The first-order valence-electron chi connectivity index (χ1n) is 5.43. The molecule has 0 aliphatic rings. The van der Waals surface area contributed by atoms with E-state index in [9.17, 15) is 23.1 Å². The zero-order chi connectivity index (χ0) is 14.2. The van der Waals surface area contributed by atoms with Crippen LogP contribution in [0.2, 0.25) is 0 Å². The first-order valence-corrected chi connectivity index (χ1v) is 5.43. The molecule has 0 spiro atoms. The third-order valence-electron chi connectivity index (χ3n) is 2.64. The number of hydrogen-bond acceptors (Lipinski definition) is 2. The highest BCUT2D eigenvalue weighted by Gasteiger charge is 2.30. The lowest BCUT2D eigenvalue weighted by molar-refractivity contribution is -0.137. The van der Waals surface area contributed by atoms with E-state index in [1.807, 2.05) is 0 Å². The highest BCUT2D eigenvalue weighted by Crippen LogP contribution is 2.31. The van der Waals surface area contributed by atoms with Gasteiger partial charge in [-0.15, -0.1) is 0 Å². The van der Waals surface area contributed by atoms with E-state index in [-0.39, 0.29) is 5.39 Å². The monoisotopic (exact) mass is 269 g/mol. The predicted molar refractivity (Wildman–Crippen MR) is 65.9 cm³/mol. The predicted octanol–water partition coefficient (Wildman–Crippen LogP) is 3.22. The second-order valence-electron chi connectivity index (χ2n) is 3.96. The molecule has 100 valence electrons. The summed E-state index contributed by atoms with van der Waals surface area (Å²) in [5.41, 5.74) is -1.20. The summed E-state index contributed by atoms with van der Waals surface area (Å²) in [6.07, 6.45) is -1.53. The Morgan fingerprint density at radius 3 is 2.53 bits per heavy atom. The fourth-order valence-electron chi connectivity index (χ4n) is 1.80. The van der Waals surface area contributed by atoms with E-state index in [2.05, 4.69) is 0 Å². The molecule has 19 heavy (non-hydrogen) atoms. The SMILES string of the molecule is CC=Cn1c(=O)c(O)cc2cc(C(F)(F)F)ccc21. The number of nitrogens with zero attached hydrogens (tertiary/aromatic N) is 1. The fraction of sp³-hybridized carbons (Fsp3) is 0.154. The summed E-state index contributed by atoms with van der Waals surface area (Å²) < 4.78 is 38.9. The topological polar surface area (TPSA) is 42.2 Å². The third kappa shape index (κ3) is 2.33. The number of aromatic nitrogens is 1. The number of allylic oxidation sites excluding steroid dienone is 1. The Bertz CT molecular complexity index is 714. The van der Waals surface area contributed by atoms with E-state index in [0.29, 0.717) is 5.52 Å². The summed E-state index contributed by atoms with van der Waals surface area (Å²) in [5.74, 6) is -0.593. The lowest BCUT2D eigenvalue weighted by Crippen LogP contribution is -2.15. The zero-order valence-electron chi connectivity index (χ0n) is 9.90.